The maximum Gasteiger partial charge on any atom is 0.279 e. The molecule has 3 rings (SSSR count). The van der Waals surface area contributed by atoms with Crippen LogP contribution in [0.15, 0.2) is 42.5 Å². The summed E-state index contributed by atoms with van der Waals surface area (Å²) in [6.45, 7) is 1.92. The molecule has 0 atom stereocenters. The average molecular weight is 418 g/mol. The molecule has 0 radical (unpaired) electrons. The van der Waals surface area contributed by atoms with Crippen molar-refractivity contribution in [2.75, 3.05) is 39.2 Å². The number of nitrogens with one attached hydrogen (secondary N) is 2. The normalized spacial score (nSPS) is 18.7. The molecular formula is C22H26ClN2O4+. The number of rotatable bonds is 7. The van der Waals surface area contributed by atoms with E-state index in [9.17, 15) is 9.59 Å². The Kier molecular flexibility index (Phi) is 7.12. The lowest BCUT2D eigenvalue weighted by Gasteiger charge is -2.28. The van der Waals surface area contributed by atoms with Crippen LogP contribution >= 0.6 is 11.6 Å². The first-order valence-corrected chi connectivity index (χ1v) is 10.0. The third kappa shape index (κ3) is 5.49. The molecule has 1 fully saturated rings. The number of quaternary nitrogens is 1. The van der Waals surface area contributed by atoms with Crippen molar-refractivity contribution in [1.82, 2.24) is 0 Å². The lowest BCUT2D eigenvalue weighted by Crippen LogP contribution is -3.14. The largest absolute Gasteiger partial charge is 0.497 e. The maximum atomic E-state index is 12.7. The van der Waals surface area contributed by atoms with E-state index >= 15 is 0 Å². The van der Waals surface area contributed by atoms with E-state index in [1.807, 2.05) is 0 Å². The van der Waals surface area contributed by atoms with Crippen LogP contribution < -0.4 is 19.7 Å². The Hall–Kier alpha value is -2.57. The Balaban J connectivity index is 1.52. The van der Waals surface area contributed by atoms with Gasteiger partial charge in [-0.15, -0.1) is 0 Å². The fourth-order valence-electron chi connectivity index (χ4n) is 3.65. The van der Waals surface area contributed by atoms with Gasteiger partial charge >= 0.3 is 0 Å². The van der Waals surface area contributed by atoms with Crippen molar-refractivity contribution < 1.29 is 24.0 Å². The Labute approximate surface area is 175 Å². The van der Waals surface area contributed by atoms with E-state index in [1.165, 1.54) is 4.90 Å². The molecule has 1 heterocycles. The summed E-state index contributed by atoms with van der Waals surface area (Å²) in [4.78, 5) is 26.3. The van der Waals surface area contributed by atoms with E-state index in [0.717, 1.165) is 25.9 Å². The Morgan fingerprint density at radius 3 is 2.38 bits per heavy atom. The fraction of sp³-hybridized carbons (Fsp3) is 0.364. The minimum absolute atomic E-state index is 0.00136. The first-order chi connectivity index (χ1) is 14.0. The van der Waals surface area contributed by atoms with Crippen molar-refractivity contribution in [2.24, 2.45) is 5.92 Å². The van der Waals surface area contributed by atoms with E-state index in [2.05, 4.69) is 5.32 Å². The highest BCUT2D eigenvalue weighted by atomic mass is 35.5. The van der Waals surface area contributed by atoms with Crippen molar-refractivity contribution in [3.05, 3.63) is 53.1 Å². The van der Waals surface area contributed by atoms with Crippen LogP contribution in [-0.2, 0) is 4.79 Å². The summed E-state index contributed by atoms with van der Waals surface area (Å²) < 4.78 is 10.5. The average Bonchev–Trinajstić information content (AvgIpc) is 2.74. The molecule has 0 aliphatic carbocycles. The van der Waals surface area contributed by atoms with Gasteiger partial charge in [-0.1, -0.05) is 11.6 Å². The number of halogens is 1. The van der Waals surface area contributed by atoms with Gasteiger partial charge in [0.2, 0.25) is 0 Å². The van der Waals surface area contributed by atoms with Crippen LogP contribution in [0.5, 0.6) is 11.5 Å². The number of hydrogen-bond donors (Lipinski definition) is 2. The molecule has 29 heavy (non-hydrogen) atoms. The standard InChI is InChI=1S/C22H25ClN2O4/c1-28-18-7-8-20(29-2)19(13-18)24-21(26)14-25-11-9-16(10-12-25)22(27)15-3-5-17(23)6-4-15/h3-8,13,16H,9-12,14H2,1-2H3,(H,24,26)/p+1. The highest BCUT2D eigenvalue weighted by molar-refractivity contribution is 6.30. The van der Waals surface area contributed by atoms with Crippen molar-refractivity contribution >= 4 is 29.0 Å². The summed E-state index contributed by atoms with van der Waals surface area (Å²) in [6.07, 6.45) is 1.54. The van der Waals surface area contributed by atoms with Crippen LogP contribution in [0.3, 0.4) is 0 Å². The predicted molar refractivity (Wildman–Crippen MR) is 112 cm³/mol. The number of carbonyl (C=O) groups excluding carboxylic acids is 2. The summed E-state index contributed by atoms with van der Waals surface area (Å²) >= 11 is 5.90. The quantitative estimate of drug-likeness (QED) is 0.679. The molecule has 6 nitrogen and oxygen atoms in total. The Morgan fingerprint density at radius 2 is 1.76 bits per heavy atom. The van der Waals surface area contributed by atoms with E-state index in [-0.39, 0.29) is 17.6 Å². The van der Waals surface area contributed by atoms with Gasteiger partial charge in [-0.05, 0) is 36.4 Å². The van der Waals surface area contributed by atoms with Crippen molar-refractivity contribution in [2.45, 2.75) is 12.8 Å². The van der Waals surface area contributed by atoms with Crippen LogP contribution in [0.4, 0.5) is 5.69 Å². The van der Waals surface area contributed by atoms with Gasteiger partial charge in [0.1, 0.15) is 11.5 Å². The monoisotopic (exact) mass is 417 g/mol. The van der Waals surface area contributed by atoms with E-state index in [4.69, 9.17) is 21.1 Å². The zero-order valence-corrected chi connectivity index (χ0v) is 17.4. The third-order valence-electron chi connectivity index (χ3n) is 5.28. The number of likely N-dealkylation sites (tertiary alicyclic amines) is 1. The number of carbonyl (C=O) groups is 2. The maximum absolute atomic E-state index is 12.7. The van der Waals surface area contributed by atoms with Gasteiger partial charge in [-0.25, -0.2) is 0 Å². The molecule has 0 aromatic heterocycles. The summed E-state index contributed by atoms with van der Waals surface area (Å²) in [5, 5.41) is 3.53. The molecule has 2 aromatic carbocycles. The van der Waals surface area contributed by atoms with Crippen LogP contribution in [0, 0.1) is 5.92 Å². The van der Waals surface area contributed by atoms with E-state index in [1.54, 1.807) is 56.7 Å². The van der Waals surface area contributed by atoms with Crippen molar-refractivity contribution in [1.29, 1.82) is 0 Å². The smallest absolute Gasteiger partial charge is 0.279 e. The zero-order chi connectivity index (χ0) is 20.8. The first-order valence-electron chi connectivity index (χ1n) is 9.65. The molecule has 154 valence electrons. The molecule has 1 saturated heterocycles. The van der Waals surface area contributed by atoms with Crippen LogP contribution in [0.1, 0.15) is 23.2 Å². The number of piperidine rings is 1. The molecule has 0 saturated carbocycles. The Bertz CT molecular complexity index is 862. The number of anilines is 1. The van der Waals surface area contributed by atoms with Gasteiger partial charge in [-0.2, -0.15) is 0 Å². The second-order valence-corrected chi connectivity index (χ2v) is 7.62. The predicted octanol–water partition coefficient (Wildman–Crippen LogP) is 2.47. The molecule has 0 spiro atoms. The Morgan fingerprint density at radius 1 is 1.07 bits per heavy atom. The van der Waals surface area contributed by atoms with E-state index in [0.29, 0.717) is 34.3 Å². The van der Waals surface area contributed by atoms with E-state index < -0.39 is 0 Å². The fourth-order valence-corrected chi connectivity index (χ4v) is 3.77. The van der Waals surface area contributed by atoms with Crippen molar-refractivity contribution in [3.63, 3.8) is 0 Å². The zero-order valence-electron chi connectivity index (χ0n) is 16.7. The van der Waals surface area contributed by atoms with Gasteiger partial charge in [0.05, 0.1) is 33.0 Å². The van der Waals surface area contributed by atoms with Gasteiger partial charge in [0, 0.05) is 35.4 Å². The molecular weight excluding hydrogens is 392 g/mol. The summed E-state index contributed by atoms with van der Waals surface area (Å²) in [7, 11) is 3.14. The molecule has 0 bridgehead atoms. The second-order valence-electron chi connectivity index (χ2n) is 7.19. The van der Waals surface area contributed by atoms with Crippen molar-refractivity contribution in [3.8, 4) is 11.5 Å². The minimum Gasteiger partial charge on any atom is -0.497 e. The second kappa shape index (κ2) is 9.76. The molecule has 2 aromatic rings. The number of hydrogen-bond acceptors (Lipinski definition) is 4. The number of amides is 1. The van der Waals surface area contributed by atoms with Gasteiger partial charge in [0.15, 0.2) is 12.3 Å². The first kappa shape index (κ1) is 21.1. The number of benzene rings is 2. The van der Waals surface area contributed by atoms with Crippen LogP contribution in [0.25, 0.3) is 0 Å². The third-order valence-corrected chi connectivity index (χ3v) is 5.54. The van der Waals surface area contributed by atoms with Crippen LogP contribution in [-0.4, -0.2) is 45.5 Å². The topological polar surface area (TPSA) is 69.1 Å². The summed E-state index contributed by atoms with van der Waals surface area (Å²) in [5.41, 5.74) is 1.29. The molecule has 2 N–H and O–H groups in total. The number of ketones is 1. The number of methoxy groups -OCH3 is 2. The molecule has 1 amide bonds. The van der Waals surface area contributed by atoms with Gasteiger partial charge in [-0.3, -0.25) is 9.59 Å². The highest BCUT2D eigenvalue weighted by Crippen LogP contribution is 2.28. The molecule has 7 heteroatoms. The van der Waals surface area contributed by atoms with Gasteiger partial charge in [0.25, 0.3) is 5.91 Å². The highest BCUT2D eigenvalue weighted by Gasteiger charge is 2.29. The lowest BCUT2D eigenvalue weighted by atomic mass is 9.89. The SMILES string of the molecule is COc1ccc(OC)c(NC(=O)C[NH+]2CCC(C(=O)c3ccc(Cl)cc3)CC2)c1. The summed E-state index contributed by atoms with van der Waals surface area (Å²) in [6, 6.07) is 12.3. The minimum atomic E-state index is -0.0889. The number of Topliss-reactive ketones (excluding diaryl/α,β-unsaturated/α-hetero) is 1. The lowest BCUT2D eigenvalue weighted by molar-refractivity contribution is -0.897. The molecule has 0 unspecified atom stereocenters. The molecule has 1 aliphatic heterocycles. The summed E-state index contributed by atoms with van der Waals surface area (Å²) in [5.74, 6) is 1.30. The molecule has 1 aliphatic rings. The number of ether oxygens (including phenoxy) is 2. The van der Waals surface area contributed by atoms with Gasteiger partial charge < -0.3 is 19.7 Å². The van der Waals surface area contributed by atoms with Crippen LogP contribution in [0.2, 0.25) is 5.02 Å².